The molecule has 2 aromatic rings. The van der Waals surface area contributed by atoms with Crippen LogP contribution in [0.2, 0.25) is 0 Å². The van der Waals surface area contributed by atoms with Gasteiger partial charge in [0.05, 0.1) is 0 Å². The minimum atomic E-state index is -0.0862. The Morgan fingerprint density at radius 1 is 1.11 bits per heavy atom. The van der Waals surface area contributed by atoms with Crippen molar-refractivity contribution in [1.29, 1.82) is 0 Å². The van der Waals surface area contributed by atoms with Crippen LogP contribution in [0.25, 0.3) is 0 Å². The van der Waals surface area contributed by atoms with Gasteiger partial charge >= 0.3 is 0 Å². The maximum atomic E-state index is 12.0. The van der Waals surface area contributed by atoms with E-state index in [0.29, 0.717) is 18.0 Å². The highest BCUT2D eigenvalue weighted by Gasteiger charge is 2.06. The normalized spacial score (nSPS) is 10.2. The van der Waals surface area contributed by atoms with Crippen LogP contribution in [0.5, 0.6) is 0 Å². The summed E-state index contributed by atoms with van der Waals surface area (Å²) in [5.41, 5.74) is 2.69. The molecule has 0 radical (unpaired) electrons. The zero-order valence-electron chi connectivity index (χ0n) is 10.2. The van der Waals surface area contributed by atoms with Crippen molar-refractivity contribution in [2.24, 2.45) is 0 Å². The lowest BCUT2D eigenvalue weighted by Crippen LogP contribution is -2.22. The molecule has 2 rings (SSSR count). The Morgan fingerprint density at radius 2 is 1.79 bits per heavy atom. The third kappa shape index (κ3) is 3.82. The maximum Gasteiger partial charge on any atom is 0.251 e. The fourth-order valence-corrected chi connectivity index (χ4v) is 2.27. The molecule has 0 atom stereocenters. The number of halogens is 2. The molecule has 1 N–H and O–H groups in total. The SMILES string of the molecule is O=C(NCc1ccccc1Br)c1ccc(CCl)cc1. The van der Waals surface area contributed by atoms with Gasteiger partial charge in [0.2, 0.25) is 0 Å². The molecule has 0 heterocycles. The third-order valence-corrected chi connectivity index (χ3v) is 3.85. The minimum absolute atomic E-state index is 0.0862. The molecule has 0 saturated heterocycles. The van der Waals surface area contributed by atoms with E-state index in [9.17, 15) is 4.79 Å². The minimum Gasteiger partial charge on any atom is -0.348 e. The molecule has 2 nitrogen and oxygen atoms in total. The third-order valence-electron chi connectivity index (χ3n) is 2.77. The molecule has 0 unspecified atom stereocenters. The van der Waals surface area contributed by atoms with Crippen molar-refractivity contribution < 1.29 is 4.79 Å². The van der Waals surface area contributed by atoms with E-state index in [1.165, 1.54) is 0 Å². The molecule has 19 heavy (non-hydrogen) atoms. The van der Waals surface area contributed by atoms with Crippen molar-refractivity contribution in [2.75, 3.05) is 0 Å². The summed E-state index contributed by atoms with van der Waals surface area (Å²) >= 11 is 9.17. The molecular formula is C15H13BrClNO. The largest absolute Gasteiger partial charge is 0.348 e. The first-order valence-corrected chi connectivity index (χ1v) is 7.20. The second-order valence-corrected chi connectivity index (χ2v) is 5.23. The lowest BCUT2D eigenvalue weighted by molar-refractivity contribution is 0.0951. The van der Waals surface area contributed by atoms with Gasteiger partial charge in [0.25, 0.3) is 5.91 Å². The second-order valence-electron chi connectivity index (χ2n) is 4.10. The quantitative estimate of drug-likeness (QED) is 0.835. The van der Waals surface area contributed by atoms with Crippen molar-refractivity contribution in [3.05, 3.63) is 69.7 Å². The molecule has 0 fully saturated rings. The van der Waals surface area contributed by atoms with Crippen LogP contribution in [-0.4, -0.2) is 5.91 Å². The van der Waals surface area contributed by atoms with E-state index in [4.69, 9.17) is 11.6 Å². The molecule has 4 heteroatoms. The Labute approximate surface area is 125 Å². The highest BCUT2D eigenvalue weighted by atomic mass is 79.9. The van der Waals surface area contributed by atoms with Crippen molar-refractivity contribution in [3.63, 3.8) is 0 Å². The van der Waals surface area contributed by atoms with Crippen molar-refractivity contribution in [2.45, 2.75) is 12.4 Å². The monoisotopic (exact) mass is 337 g/mol. The smallest absolute Gasteiger partial charge is 0.251 e. The Kier molecular flexibility index (Phi) is 5.00. The lowest BCUT2D eigenvalue weighted by Gasteiger charge is -2.07. The maximum absolute atomic E-state index is 12.0. The first-order valence-electron chi connectivity index (χ1n) is 5.87. The molecule has 1 amide bonds. The van der Waals surface area contributed by atoms with Gasteiger partial charge in [0, 0.05) is 22.5 Å². The Balaban J connectivity index is 1.99. The van der Waals surface area contributed by atoms with E-state index in [1.807, 2.05) is 36.4 Å². The van der Waals surface area contributed by atoms with Gasteiger partial charge in [0.1, 0.15) is 0 Å². The molecule has 0 aliphatic carbocycles. The van der Waals surface area contributed by atoms with E-state index in [1.54, 1.807) is 12.1 Å². The Morgan fingerprint density at radius 3 is 2.42 bits per heavy atom. The van der Waals surface area contributed by atoms with Gasteiger partial charge in [-0.2, -0.15) is 0 Å². The zero-order chi connectivity index (χ0) is 13.7. The predicted molar refractivity (Wildman–Crippen MR) is 81.3 cm³/mol. The molecule has 0 aliphatic heterocycles. The summed E-state index contributed by atoms with van der Waals surface area (Å²) in [5, 5.41) is 2.89. The van der Waals surface area contributed by atoms with Gasteiger partial charge < -0.3 is 5.32 Å². The molecule has 0 bridgehead atoms. The standard InChI is InChI=1S/C15H13BrClNO/c16-14-4-2-1-3-13(14)10-18-15(19)12-7-5-11(9-17)6-8-12/h1-8H,9-10H2,(H,18,19). The van der Waals surface area contributed by atoms with Crippen LogP contribution in [-0.2, 0) is 12.4 Å². The van der Waals surface area contributed by atoms with E-state index < -0.39 is 0 Å². The van der Waals surface area contributed by atoms with Crippen LogP contribution in [0.3, 0.4) is 0 Å². The summed E-state index contributed by atoms with van der Waals surface area (Å²) in [6, 6.07) is 15.1. The van der Waals surface area contributed by atoms with Crippen molar-refractivity contribution in [1.82, 2.24) is 5.32 Å². The number of rotatable bonds is 4. The summed E-state index contributed by atoms with van der Waals surface area (Å²) in [7, 11) is 0. The summed E-state index contributed by atoms with van der Waals surface area (Å²) in [4.78, 5) is 12.0. The lowest BCUT2D eigenvalue weighted by atomic mass is 10.1. The van der Waals surface area contributed by atoms with Gasteiger partial charge in [-0.25, -0.2) is 0 Å². The topological polar surface area (TPSA) is 29.1 Å². The van der Waals surface area contributed by atoms with Crippen LogP contribution in [0.4, 0.5) is 0 Å². The van der Waals surface area contributed by atoms with E-state index in [-0.39, 0.29) is 5.91 Å². The van der Waals surface area contributed by atoms with Crippen LogP contribution in [0, 0.1) is 0 Å². The number of hydrogen-bond donors (Lipinski definition) is 1. The number of carbonyl (C=O) groups is 1. The number of benzene rings is 2. The number of carbonyl (C=O) groups excluding carboxylic acids is 1. The Bertz CT molecular complexity index is 569. The average molecular weight is 339 g/mol. The van der Waals surface area contributed by atoms with Gasteiger partial charge in [-0.15, -0.1) is 11.6 Å². The number of hydrogen-bond acceptors (Lipinski definition) is 1. The van der Waals surface area contributed by atoms with Gasteiger partial charge in [0.15, 0.2) is 0 Å². The van der Waals surface area contributed by atoms with Gasteiger partial charge in [-0.05, 0) is 29.3 Å². The number of nitrogens with one attached hydrogen (secondary N) is 1. The highest BCUT2D eigenvalue weighted by Crippen LogP contribution is 2.15. The summed E-state index contributed by atoms with van der Waals surface area (Å²) in [6.07, 6.45) is 0. The first kappa shape index (κ1) is 14.1. The van der Waals surface area contributed by atoms with E-state index >= 15 is 0 Å². The average Bonchev–Trinajstić information content (AvgIpc) is 2.46. The molecule has 98 valence electrons. The molecule has 2 aromatic carbocycles. The van der Waals surface area contributed by atoms with Crippen LogP contribution in [0.1, 0.15) is 21.5 Å². The summed E-state index contributed by atoms with van der Waals surface area (Å²) < 4.78 is 0.993. The van der Waals surface area contributed by atoms with Crippen molar-refractivity contribution >= 4 is 33.4 Å². The van der Waals surface area contributed by atoms with E-state index in [2.05, 4.69) is 21.2 Å². The van der Waals surface area contributed by atoms with Gasteiger partial charge in [-0.1, -0.05) is 46.3 Å². The van der Waals surface area contributed by atoms with Gasteiger partial charge in [-0.3, -0.25) is 4.79 Å². The Hall–Kier alpha value is -1.32. The fraction of sp³-hybridized carbons (Fsp3) is 0.133. The van der Waals surface area contributed by atoms with E-state index in [0.717, 1.165) is 15.6 Å². The molecule has 0 saturated carbocycles. The van der Waals surface area contributed by atoms with Crippen LogP contribution >= 0.6 is 27.5 Å². The molecule has 0 aromatic heterocycles. The second kappa shape index (κ2) is 6.73. The fourth-order valence-electron chi connectivity index (χ4n) is 1.66. The van der Waals surface area contributed by atoms with Crippen LogP contribution < -0.4 is 5.32 Å². The molecular weight excluding hydrogens is 326 g/mol. The van der Waals surface area contributed by atoms with Crippen molar-refractivity contribution in [3.8, 4) is 0 Å². The summed E-state index contributed by atoms with van der Waals surface area (Å²) in [5.74, 6) is 0.371. The number of alkyl halides is 1. The summed E-state index contributed by atoms with van der Waals surface area (Å²) in [6.45, 7) is 0.498. The van der Waals surface area contributed by atoms with Crippen LogP contribution in [0.15, 0.2) is 53.0 Å². The zero-order valence-corrected chi connectivity index (χ0v) is 12.5. The first-order chi connectivity index (χ1) is 9.20. The predicted octanol–water partition coefficient (Wildman–Crippen LogP) is 4.12. The molecule has 0 spiro atoms. The highest BCUT2D eigenvalue weighted by molar-refractivity contribution is 9.10. The molecule has 0 aliphatic rings. The number of amides is 1.